The molecule has 1 aliphatic rings. The Kier molecular flexibility index (Phi) is 3.56. The van der Waals surface area contributed by atoms with Crippen molar-refractivity contribution in [1.82, 2.24) is 0 Å². The van der Waals surface area contributed by atoms with Crippen molar-refractivity contribution >= 4 is 27.1 Å². The molecule has 1 fully saturated rings. The van der Waals surface area contributed by atoms with Gasteiger partial charge in [-0.2, -0.15) is 0 Å². The van der Waals surface area contributed by atoms with E-state index in [1.807, 2.05) is 25.1 Å². The summed E-state index contributed by atoms with van der Waals surface area (Å²) in [6, 6.07) is 8.45. The van der Waals surface area contributed by atoms with Crippen LogP contribution in [0.15, 0.2) is 29.3 Å². The molecule has 0 saturated heterocycles. The topological polar surface area (TPSA) is 32.6 Å². The fourth-order valence-corrected chi connectivity index (χ4v) is 3.87. The van der Waals surface area contributed by atoms with Gasteiger partial charge in [-0.1, -0.05) is 31.4 Å². The van der Waals surface area contributed by atoms with Crippen molar-refractivity contribution in [2.75, 3.05) is 0 Å². The summed E-state index contributed by atoms with van der Waals surface area (Å²) < 4.78 is 1.13. The van der Waals surface area contributed by atoms with Gasteiger partial charge < -0.3 is 5.11 Å². The van der Waals surface area contributed by atoms with Crippen LogP contribution in [0.1, 0.15) is 43.9 Å². The monoisotopic (exact) mass is 273 g/mol. The van der Waals surface area contributed by atoms with Gasteiger partial charge in [0.2, 0.25) is 0 Å². The molecule has 2 nitrogen and oxygen atoms in total. The lowest BCUT2D eigenvalue weighted by molar-refractivity contribution is 0.443. The van der Waals surface area contributed by atoms with Crippen molar-refractivity contribution in [3.05, 3.63) is 29.1 Å². The maximum absolute atomic E-state index is 10.3. The fourth-order valence-electron chi connectivity index (χ4n) is 2.82. The molecule has 1 N–H and O–H groups in total. The van der Waals surface area contributed by atoms with E-state index in [0.717, 1.165) is 20.7 Å². The summed E-state index contributed by atoms with van der Waals surface area (Å²) in [5.41, 5.74) is 0.991. The number of rotatable bonds is 2. The highest BCUT2D eigenvalue weighted by Gasteiger charge is 2.16. The molecule has 1 heterocycles. The summed E-state index contributed by atoms with van der Waals surface area (Å²) >= 11 is 1.64. The van der Waals surface area contributed by atoms with Crippen LogP contribution in [0.4, 0.5) is 0 Å². The molecule has 1 saturated carbocycles. The molecular weight excluding hydrogens is 254 g/mol. The molecule has 0 atom stereocenters. The van der Waals surface area contributed by atoms with E-state index in [-0.39, 0.29) is 0 Å². The number of aromatic hydroxyl groups is 1. The van der Waals surface area contributed by atoms with Crippen LogP contribution in [0.3, 0.4) is 0 Å². The quantitative estimate of drug-likeness (QED) is 0.787. The van der Waals surface area contributed by atoms with Crippen molar-refractivity contribution in [3.8, 4) is 5.75 Å². The molecule has 3 rings (SSSR count). The van der Waals surface area contributed by atoms with Gasteiger partial charge in [0.05, 0.1) is 16.6 Å². The molecule has 3 heteroatoms. The zero-order valence-electron chi connectivity index (χ0n) is 11.2. The van der Waals surface area contributed by atoms with Gasteiger partial charge in [0, 0.05) is 10.1 Å². The Balaban J connectivity index is 1.94. The van der Waals surface area contributed by atoms with Crippen LogP contribution >= 0.6 is 11.3 Å². The van der Waals surface area contributed by atoms with Gasteiger partial charge in [0.25, 0.3) is 0 Å². The number of hydrogen-bond donors (Lipinski definition) is 1. The van der Waals surface area contributed by atoms with Crippen LogP contribution in [0.2, 0.25) is 0 Å². The van der Waals surface area contributed by atoms with Gasteiger partial charge in [-0.15, -0.1) is 11.3 Å². The normalized spacial score (nSPS) is 18.1. The molecule has 1 aromatic heterocycles. The van der Waals surface area contributed by atoms with Crippen LogP contribution in [0.25, 0.3) is 10.1 Å². The maximum Gasteiger partial charge on any atom is 0.143 e. The third-order valence-corrected chi connectivity index (χ3v) is 5.12. The SMILES string of the molecule is CC(=NC1CCCCC1)c1sc2ccccc2c1O. The summed E-state index contributed by atoms with van der Waals surface area (Å²) in [7, 11) is 0. The highest BCUT2D eigenvalue weighted by atomic mass is 32.1. The van der Waals surface area contributed by atoms with Gasteiger partial charge in [-0.05, 0) is 31.9 Å². The lowest BCUT2D eigenvalue weighted by atomic mass is 9.96. The van der Waals surface area contributed by atoms with E-state index < -0.39 is 0 Å². The van der Waals surface area contributed by atoms with E-state index in [9.17, 15) is 5.11 Å². The average molecular weight is 273 g/mol. The molecule has 100 valence electrons. The number of thiophene rings is 1. The number of aliphatic imine (C=N–C) groups is 1. The van der Waals surface area contributed by atoms with Crippen LogP contribution in [0, 0.1) is 0 Å². The van der Waals surface area contributed by atoms with E-state index in [4.69, 9.17) is 4.99 Å². The number of benzene rings is 1. The first-order valence-corrected chi connectivity index (χ1v) is 7.82. The minimum Gasteiger partial charge on any atom is -0.506 e. The first-order valence-electron chi connectivity index (χ1n) is 7.01. The van der Waals surface area contributed by atoms with Crippen LogP contribution < -0.4 is 0 Å². The Bertz CT molecular complexity index is 608. The van der Waals surface area contributed by atoms with E-state index in [1.165, 1.54) is 32.1 Å². The molecule has 0 unspecified atom stereocenters. The molecule has 2 aromatic rings. The molecule has 0 radical (unpaired) electrons. The Morgan fingerprint density at radius 3 is 2.68 bits per heavy atom. The highest BCUT2D eigenvalue weighted by molar-refractivity contribution is 7.21. The predicted octanol–water partition coefficient (Wildman–Crippen LogP) is 4.75. The van der Waals surface area contributed by atoms with Gasteiger partial charge in [-0.3, -0.25) is 4.99 Å². The second-order valence-corrected chi connectivity index (χ2v) is 6.33. The summed E-state index contributed by atoms with van der Waals surface area (Å²) in [6.07, 6.45) is 6.32. The third kappa shape index (κ3) is 2.52. The number of hydrogen-bond acceptors (Lipinski definition) is 3. The minimum atomic E-state index is 0.401. The van der Waals surface area contributed by atoms with E-state index >= 15 is 0 Å². The Morgan fingerprint density at radius 1 is 1.21 bits per heavy atom. The number of fused-ring (bicyclic) bond motifs is 1. The lowest BCUT2D eigenvalue weighted by Gasteiger charge is -2.18. The Hall–Kier alpha value is -1.35. The summed E-state index contributed by atoms with van der Waals surface area (Å²) in [6.45, 7) is 2.03. The molecule has 0 bridgehead atoms. The van der Waals surface area contributed by atoms with Crippen molar-refractivity contribution in [3.63, 3.8) is 0 Å². The van der Waals surface area contributed by atoms with Crippen LogP contribution in [-0.4, -0.2) is 16.9 Å². The van der Waals surface area contributed by atoms with Crippen LogP contribution in [-0.2, 0) is 0 Å². The second-order valence-electron chi connectivity index (χ2n) is 5.28. The van der Waals surface area contributed by atoms with Gasteiger partial charge in [0.15, 0.2) is 0 Å². The zero-order chi connectivity index (χ0) is 13.2. The lowest BCUT2D eigenvalue weighted by Crippen LogP contribution is -2.11. The van der Waals surface area contributed by atoms with E-state index in [2.05, 4.69) is 6.07 Å². The third-order valence-electron chi connectivity index (χ3n) is 3.85. The Labute approximate surface area is 117 Å². The summed E-state index contributed by atoms with van der Waals surface area (Å²) in [4.78, 5) is 5.77. The molecule has 0 aliphatic heterocycles. The average Bonchev–Trinajstić information content (AvgIpc) is 2.78. The van der Waals surface area contributed by atoms with Crippen molar-refractivity contribution in [2.45, 2.75) is 45.1 Å². The zero-order valence-corrected chi connectivity index (χ0v) is 12.0. The first-order chi connectivity index (χ1) is 9.25. The van der Waals surface area contributed by atoms with Gasteiger partial charge in [0.1, 0.15) is 5.75 Å². The fraction of sp³-hybridized carbons (Fsp3) is 0.438. The predicted molar refractivity (Wildman–Crippen MR) is 82.6 cm³/mol. The van der Waals surface area contributed by atoms with Crippen molar-refractivity contribution < 1.29 is 5.11 Å². The maximum atomic E-state index is 10.3. The highest BCUT2D eigenvalue weighted by Crippen LogP contribution is 2.37. The van der Waals surface area contributed by atoms with Gasteiger partial charge in [-0.25, -0.2) is 0 Å². The van der Waals surface area contributed by atoms with Crippen LogP contribution in [0.5, 0.6) is 5.75 Å². The molecule has 19 heavy (non-hydrogen) atoms. The smallest absolute Gasteiger partial charge is 0.143 e. The Morgan fingerprint density at radius 2 is 1.95 bits per heavy atom. The molecule has 1 aromatic carbocycles. The van der Waals surface area contributed by atoms with Crippen molar-refractivity contribution in [1.29, 1.82) is 0 Å². The summed E-state index contributed by atoms with van der Waals surface area (Å²) in [5.74, 6) is 0.401. The molecule has 0 spiro atoms. The minimum absolute atomic E-state index is 0.401. The molecule has 0 amide bonds. The van der Waals surface area contributed by atoms with Crippen molar-refractivity contribution in [2.24, 2.45) is 4.99 Å². The van der Waals surface area contributed by atoms with E-state index in [1.54, 1.807) is 11.3 Å². The number of nitrogens with zero attached hydrogens (tertiary/aromatic N) is 1. The largest absolute Gasteiger partial charge is 0.506 e. The molecule has 1 aliphatic carbocycles. The first kappa shape index (κ1) is 12.7. The second kappa shape index (κ2) is 5.33. The van der Waals surface area contributed by atoms with E-state index in [0.29, 0.717) is 11.8 Å². The van der Waals surface area contributed by atoms with Gasteiger partial charge >= 0.3 is 0 Å². The molecular formula is C16H19NOS. The summed E-state index contributed by atoms with van der Waals surface area (Å²) in [5, 5.41) is 11.3. The standard InChI is InChI=1S/C16H19NOS/c1-11(17-12-7-3-2-4-8-12)16-15(18)13-9-5-6-10-14(13)19-16/h5-6,9-10,12,18H,2-4,7-8H2,1H3.